The van der Waals surface area contributed by atoms with Gasteiger partial charge in [-0.3, -0.25) is 4.79 Å². The molecule has 10 nitrogen and oxygen atoms in total. The van der Waals surface area contributed by atoms with Gasteiger partial charge in [-0.25, -0.2) is 0 Å². The number of hydrogen-bond donors (Lipinski definition) is 4. The first kappa shape index (κ1) is 44.9. The van der Waals surface area contributed by atoms with Crippen LogP contribution < -0.4 is 14.2 Å². The second-order valence-electron chi connectivity index (χ2n) is 20.7. The predicted octanol–water partition coefficient (Wildman–Crippen LogP) is 9.78. The van der Waals surface area contributed by atoms with E-state index in [0.29, 0.717) is 29.1 Å². The molecule has 338 valence electrons. The lowest BCUT2D eigenvalue weighted by atomic mass is 9.46. The molecule has 12 atom stereocenters. The Morgan fingerprint density at radius 3 is 2.34 bits per heavy atom. The van der Waals surface area contributed by atoms with E-state index >= 15 is 0 Å². The van der Waals surface area contributed by atoms with Crippen molar-refractivity contribution in [3.05, 3.63) is 65.3 Å². The van der Waals surface area contributed by atoms with E-state index in [-0.39, 0.29) is 28.3 Å². The minimum absolute atomic E-state index is 0.102. The lowest BCUT2D eigenvalue weighted by Crippen LogP contribution is -2.62. The highest BCUT2D eigenvalue weighted by Gasteiger charge is 2.62. The van der Waals surface area contributed by atoms with Gasteiger partial charge in [-0.15, -0.1) is 0 Å². The van der Waals surface area contributed by atoms with Gasteiger partial charge in [0.25, 0.3) is 0 Å². The normalized spacial score (nSPS) is 35.1. The first-order valence-electron chi connectivity index (χ1n) is 23.1. The van der Waals surface area contributed by atoms with Crippen LogP contribution in [0.4, 0.5) is 0 Å². The van der Waals surface area contributed by atoms with E-state index in [2.05, 4.69) is 47.6 Å². The Morgan fingerprint density at radius 1 is 0.871 bits per heavy atom. The molecule has 0 spiro atoms. The Labute approximate surface area is 367 Å². The molecule has 10 heteroatoms. The van der Waals surface area contributed by atoms with Crippen molar-refractivity contribution in [2.45, 2.75) is 149 Å². The summed E-state index contributed by atoms with van der Waals surface area (Å²) in [6.45, 7) is 15.8. The maximum Gasteiger partial charge on any atom is 0.306 e. The standard InChI is InChI=1S/C52H70O10/c1-29(12-10-13-30(2)47(56)57)35-20-24-52(7)37-17-19-41-49(3,4)42(22-23-50(41,5)36(37)21-25-51(35,52)6)62-48-44(55)43(54)46(40(28-53)61-48)60-38-15-11-14-31-26-32-16-18-39(58-8)45(59-9)34(32)27-33(31)38/h11,14-16,18-19,26-27,29-30,35,40,42-44,46,48,53-55H,10,12-13,17,20-25,28H2,1-9H3,(H,56,57)/t29-,30?,35-,40?,42-,43?,44?,46?,48?,50-,51-,52+/m1/s1. The number of fused-ring (bicyclic) bond motifs is 6. The van der Waals surface area contributed by atoms with E-state index in [0.717, 1.165) is 72.9 Å². The fourth-order valence-electron chi connectivity index (χ4n) is 13.4. The molecule has 1 saturated heterocycles. The minimum atomic E-state index is -1.42. The van der Waals surface area contributed by atoms with Crippen LogP contribution in [0.3, 0.4) is 0 Å². The van der Waals surface area contributed by atoms with Crippen LogP contribution in [-0.2, 0) is 14.3 Å². The first-order valence-corrected chi connectivity index (χ1v) is 23.1. The Morgan fingerprint density at radius 2 is 1.63 bits per heavy atom. The van der Waals surface area contributed by atoms with Gasteiger partial charge in [0.15, 0.2) is 23.9 Å². The number of carboxylic acid groups (broad SMARTS) is 1. The fourth-order valence-corrected chi connectivity index (χ4v) is 13.4. The van der Waals surface area contributed by atoms with Crippen molar-refractivity contribution < 1.29 is 48.9 Å². The van der Waals surface area contributed by atoms with Gasteiger partial charge in [-0.2, -0.15) is 0 Å². The van der Waals surface area contributed by atoms with Crippen molar-refractivity contribution >= 4 is 27.5 Å². The largest absolute Gasteiger partial charge is 0.493 e. The van der Waals surface area contributed by atoms with Gasteiger partial charge < -0.3 is 44.1 Å². The number of benzene rings is 3. The summed E-state index contributed by atoms with van der Waals surface area (Å²) in [4.78, 5) is 11.5. The number of carbonyl (C=O) groups is 1. The topological polar surface area (TPSA) is 144 Å². The van der Waals surface area contributed by atoms with Crippen LogP contribution in [0.25, 0.3) is 21.5 Å². The quantitative estimate of drug-likeness (QED) is 0.0969. The van der Waals surface area contributed by atoms with Crippen molar-refractivity contribution in [3.63, 3.8) is 0 Å². The van der Waals surface area contributed by atoms with E-state index in [1.165, 1.54) is 18.4 Å². The molecule has 0 bridgehead atoms. The Kier molecular flexibility index (Phi) is 12.1. The van der Waals surface area contributed by atoms with E-state index in [9.17, 15) is 25.2 Å². The summed E-state index contributed by atoms with van der Waals surface area (Å²) in [6.07, 6.45) is 6.18. The molecule has 0 aromatic heterocycles. The van der Waals surface area contributed by atoms with Crippen LogP contribution in [0.5, 0.6) is 17.2 Å². The number of aliphatic hydroxyl groups is 3. The number of hydrogen-bond acceptors (Lipinski definition) is 9. The molecular formula is C52H70O10. The molecule has 5 aliphatic rings. The average molecular weight is 855 g/mol. The molecule has 0 radical (unpaired) electrons. The average Bonchev–Trinajstić information content (AvgIpc) is 3.53. The van der Waals surface area contributed by atoms with E-state index in [4.69, 9.17) is 23.7 Å². The number of allylic oxidation sites excluding steroid dienone is 3. The van der Waals surface area contributed by atoms with E-state index in [1.807, 2.05) is 49.4 Å². The second kappa shape index (κ2) is 16.7. The van der Waals surface area contributed by atoms with Crippen LogP contribution in [-0.4, -0.2) is 84.0 Å². The third-order valence-electron chi connectivity index (χ3n) is 17.2. The number of carboxylic acids is 1. The second-order valence-corrected chi connectivity index (χ2v) is 20.7. The zero-order valence-electron chi connectivity index (χ0n) is 38.3. The zero-order chi connectivity index (χ0) is 44.5. The lowest BCUT2D eigenvalue weighted by Gasteiger charge is -2.59. The summed E-state index contributed by atoms with van der Waals surface area (Å²) in [5.41, 5.74) is 4.47. The van der Waals surface area contributed by atoms with E-state index in [1.54, 1.807) is 25.4 Å². The smallest absolute Gasteiger partial charge is 0.306 e. The molecule has 3 fully saturated rings. The van der Waals surface area contributed by atoms with Crippen molar-refractivity contribution in [2.24, 2.45) is 39.4 Å². The van der Waals surface area contributed by atoms with Crippen molar-refractivity contribution in [1.82, 2.24) is 0 Å². The minimum Gasteiger partial charge on any atom is -0.493 e. The molecule has 6 unspecified atom stereocenters. The maximum atomic E-state index is 11.7. The monoisotopic (exact) mass is 854 g/mol. The number of rotatable bonds is 13. The SMILES string of the molecule is COc1ccc2cc3cccc(OC4C(CO)OC(O[C@@H]5CC[C@@]6(C)C(=CCC7=C6CC[C@]6(C)[C@@H]([C@H](C)CCCC(C)C(=O)O)CC[C@@]76C)C5(C)C)C(O)C4O)c3cc2c1OC. The molecular weight excluding hydrogens is 785 g/mol. The lowest BCUT2D eigenvalue weighted by molar-refractivity contribution is -0.316. The highest BCUT2D eigenvalue weighted by atomic mass is 16.7. The summed E-state index contributed by atoms with van der Waals surface area (Å²) in [5.74, 6) is 1.86. The third kappa shape index (κ3) is 7.15. The van der Waals surface area contributed by atoms with Crippen molar-refractivity contribution in [3.8, 4) is 17.2 Å². The van der Waals surface area contributed by atoms with Crippen LogP contribution in [0.15, 0.2) is 65.3 Å². The van der Waals surface area contributed by atoms with Crippen LogP contribution >= 0.6 is 0 Å². The van der Waals surface area contributed by atoms with Gasteiger partial charge in [0.1, 0.15) is 24.1 Å². The maximum absolute atomic E-state index is 11.7. The fraction of sp³-hybridized carbons (Fsp3) is 0.635. The van der Waals surface area contributed by atoms with Crippen LogP contribution in [0.1, 0.15) is 113 Å². The first-order chi connectivity index (χ1) is 29.4. The van der Waals surface area contributed by atoms with Crippen molar-refractivity contribution in [1.29, 1.82) is 0 Å². The molecule has 4 aliphatic carbocycles. The number of ether oxygens (including phenoxy) is 5. The zero-order valence-corrected chi connectivity index (χ0v) is 38.3. The molecule has 8 rings (SSSR count). The molecule has 0 amide bonds. The van der Waals surface area contributed by atoms with Crippen LogP contribution in [0, 0.1) is 39.4 Å². The highest BCUT2D eigenvalue weighted by Crippen LogP contribution is 2.71. The van der Waals surface area contributed by atoms with Gasteiger partial charge >= 0.3 is 5.97 Å². The van der Waals surface area contributed by atoms with Gasteiger partial charge in [-0.05, 0) is 109 Å². The Bertz CT molecular complexity index is 2240. The van der Waals surface area contributed by atoms with Gasteiger partial charge in [-0.1, -0.05) is 102 Å². The molecule has 62 heavy (non-hydrogen) atoms. The van der Waals surface area contributed by atoms with Crippen molar-refractivity contribution in [2.75, 3.05) is 20.8 Å². The molecule has 2 saturated carbocycles. The molecule has 4 N–H and O–H groups in total. The van der Waals surface area contributed by atoms with Gasteiger partial charge in [0.05, 0.1) is 32.8 Å². The third-order valence-corrected chi connectivity index (χ3v) is 17.2. The summed E-state index contributed by atoms with van der Waals surface area (Å²) >= 11 is 0. The van der Waals surface area contributed by atoms with Gasteiger partial charge in [0, 0.05) is 21.6 Å². The Balaban J connectivity index is 0.977. The summed E-state index contributed by atoms with van der Waals surface area (Å²) < 4.78 is 30.9. The number of aliphatic carboxylic acids is 1. The highest BCUT2D eigenvalue weighted by molar-refractivity contribution is 6.04. The molecule has 1 aliphatic heterocycles. The summed E-state index contributed by atoms with van der Waals surface area (Å²) in [5, 5.41) is 47.0. The van der Waals surface area contributed by atoms with E-state index < -0.39 is 48.7 Å². The number of methoxy groups -OCH3 is 2. The predicted molar refractivity (Wildman–Crippen MR) is 240 cm³/mol. The molecule has 3 aromatic rings. The molecule has 1 heterocycles. The van der Waals surface area contributed by atoms with Crippen LogP contribution in [0.2, 0.25) is 0 Å². The molecule has 3 aromatic carbocycles. The summed E-state index contributed by atoms with van der Waals surface area (Å²) in [7, 11) is 3.21. The summed E-state index contributed by atoms with van der Waals surface area (Å²) in [6, 6.07) is 13.5. The number of aliphatic hydroxyl groups excluding tert-OH is 3. The van der Waals surface area contributed by atoms with Gasteiger partial charge in [0.2, 0.25) is 0 Å². The Hall–Kier alpha value is -3.67.